The SMILES string of the molecule is CC1CCC(C)N(C(=O)c2cc(S(N)(=O)=O)ccc2F)C1. The minimum absolute atomic E-state index is 0.00578. The molecule has 1 saturated heterocycles. The van der Waals surface area contributed by atoms with Crippen molar-refractivity contribution in [1.82, 2.24) is 4.90 Å². The van der Waals surface area contributed by atoms with Crippen molar-refractivity contribution in [1.29, 1.82) is 0 Å². The first-order chi connectivity index (χ1) is 9.70. The summed E-state index contributed by atoms with van der Waals surface area (Å²) in [4.78, 5) is 13.8. The lowest BCUT2D eigenvalue weighted by atomic mass is 9.94. The van der Waals surface area contributed by atoms with Gasteiger partial charge in [-0.25, -0.2) is 17.9 Å². The molecule has 0 radical (unpaired) electrons. The van der Waals surface area contributed by atoms with Crippen molar-refractivity contribution >= 4 is 15.9 Å². The quantitative estimate of drug-likeness (QED) is 0.902. The molecule has 5 nitrogen and oxygen atoms in total. The molecule has 1 aromatic carbocycles. The summed E-state index contributed by atoms with van der Waals surface area (Å²) in [7, 11) is -3.97. The standard InChI is InChI=1S/C14H19FN2O3S/c1-9-3-4-10(2)17(8-9)14(18)12-7-11(21(16,19)20)5-6-13(12)15/h5-7,9-10H,3-4,8H2,1-2H3,(H2,16,19,20). The molecule has 2 unspecified atom stereocenters. The van der Waals surface area contributed by atoms with Crippen molar-refractivity contribution < 1.29 is 17.6 Å². The topological polar surface area (TPSA) is 80.5 Å². The normalized spacial score (nSPS) is 23.1. The highest BCUT2D eigenvalue weighted by atomic mass is 32.2. The van der Waals surface area contributed by atoms with Gasteiger partial charge in [-0.3, -0.25) is 4.79 Å². The maximum absolute atomic E-state index is 13.9. The predicted molar refractivity (Wildman–Crippen MR) is 76.7 cm³/mol. The van der Waals surface area contributed by atoms with Crippen molar-refractivity contribution in [2.24, 2.45) is 11.1 Å². The number of benzene rings is 1. The van der Waals surface area contributed by atoms with Crippen LogP contribution < -0.4 is 5.14 Å². The van der Waals surface area contributed by atoms with Crippen LogP contribution in [0.25, 0.3) is 0 Å². The number of primary sulfonamides is 1. The Bertz CT molecular complexity index is 660. The van der Waals surface area contributed by atoms with Gasteiger partial charge in [0.25, 0.3) is 5.91 Å². The molecule has 0 bridgehead atoms. The van der Waals surface area contributed by atoms with E-state index in [1.807, 2.05) is 13.8 Å². The predicted octanol–water partition coefficient (Wildman–Crippen LogP) is 1.73. The largest absolute Gasteiger partial charge is 0.336 e. The first-order valence-electron chi connectivity index (χ1n) is 6.83. The van der Waals surface area contributed by atoms with Crippen molar-refractivity contribution in [3.63, 3.8) is 0 Å². The second-order valence-corrected chi connectivity index (χ2v) is 7.24. The second kappa shape index (κ2) is 5.73. The maximum Gasteiger partial charge on any atom is 0.257 e. The number of amides is 1. The molecule has 0 aromatic heterocycles. The Hall–Kier alpha value is -1.47. The van der Waals surface area contributed by atoms with Crippen LogP contribution in [0.1, 0.15) is 37.0 Å². The van der Waals surface area contributed by atoms with Crippen LogP contribution in [0, 0.1) is 11.7 Å². The van der Waals surface area contributed by atoms with Crippen LogP contribution in [0.4, 0.5) is 4.39 Å². The molecule has 0 saturated carbocycles. The molecule has 1 heterocycles. The lowest BCUT2D eigenvalue weighted by molar-refractivity contribution is 0.0569. The highest BCUT2D eigenvalue weighted by Crippen LogP contribution is 2.25. The fourth-order valence-corrected chi connectivity index (χ4v) is 3.11. The minimum Gasteiger partial charge on any atom is -0.336 e. The Balaban J connectivity index is 2.38. The van der Waals surface area contributed by atoms with E-state index in [0.717, 1.165) is 31.0 Å². The molecule has 2 atom stereocenters. The van der Waals surface area contributed by atoms with Gasteiger partial charge in [0.2, 0.25) is 10.0 Å². The van der Waals surface area contributed by atoms with Crippen LogP contribution in [0.5, 0.6) is 0 Å². The van der Waals surface area contributed by atoms with E-state index >= 15 is 0 Å². The zero-order valence-corrected chi connectivity index (χ0v) is 12.9. The Morgan fingerprint density at radius 1 is 1.33 bits per heavy atom. The van der Waals surface area contributed by atoms with Gasteiger partial charge in [-0.1, -0.05) is 6.92 Å². The zero-order valence-electron chi connectivity index (χ0n) is 12.0. The van der Waals surface area contributed by atoms with Crippen LogP contribution in [-0.2, 0) is 10.0 Å². The third-order valence-electron chi connectivity index (χ3n) is 3.88. The van der Waals surface area contributed by atoms with Gasteiger partial charge in [-0.2, -0.15) is 0 Å². The van der Waals surface area contributed by atoms with E-state index in [-0.39, 0.29) is 16.5 Å². The number of likely N-dealkylation sites (tertiary alicyclic amines) is 1. The summed E-state index contributed by atoms with van der Waals surface area (Å²) < 4.78 is 36.6. The van der Waals surface area contributed by atoms with Crippen molar-refractivity contribution in [3.8, 4) is 0 Å². The average Bonchev–Trinajstić information content (AvgIpc) is 2.40. The van der Waals surface area contributed by atoms with Crippen LogP contribution in [0.3, 0.4) is 0 Å². The summed E-state index contributed by atoms with van der Waals surface area (Å²) >= 11 is 0. The molecule has 1 fully saturated rings. The molecular formula is C14H19FN2O3S. The Morgan fingerprint density at radius 2 is 2.00 bits per heavy atom. The Labute approximate surface area is 124 Å². The summed E-state index contributed by atoms with van der Waals surface area (Å²) in [6, 6.07) is 3.04. The smallest absolute Gasteiger partial charge is 0.257 e. The molecule has 1 amide bonds. The number of rotatable bonds is 2. The van der Waals surface area contributed by atoms with Crippen LogP contribution in [-0.4, -0.2) is 31.8 Å². The van der Waals surface area contributed by atoms with Crippen molar-refractivity contribution in [2.45, 2.75) is 37.6 Å². The van der Waals surface area contributed by atoms with Gasteiger partial charge < -0.3 is 4.90 Å². The number of carbonyl (C=O) groups is 1. The van der Waals surface area contributed by atoms with Crippen LogP contribution >= 0.6 is 0 Å². The Kier molecular flexibility index (Phi) is 4.34. The number of carbonyl (C=O) groups excluding carboxylic acids is 1. The highest BCUT2D eigenvalue weighted by molar-refractivity contribution is 7.89. The van der Waals surface area contributed by atoms with Crippen molar-refractivity contribution in [2.75, 3.05) is 6.54 Å². The van der Waals surface area contributed by atoms with E-state index in [1.165, 1.54) is 0 Å². The number of halogens is 1. The molecule has 2 N–H and O–H groups in total. The molecule has 116 valence electrons. The van der Waals surface area contributed by atoms with E-state index < -0.39 is 21.7 Å². The maximum atomic E-state index is 13.9. The summed E-state index contributed by atoms with van der Waals surface area (Å²) in [6.07, 6.45) is 1.87. The molecule has 1 aromatic rings. The van der Waals surface area contributed by atoms with Gasteiger partial charge in [0, 0.05) is 12.6 Å². The van der Waals surface area contributed by atoms with Crippen molar-refractivity contribution in [3.05, 3.63) is 29.6 Å². The van der Waals surface area contributed by atoms with E-state index in [1.54, 1.807) is 4.90 Å². The van der Waals surface area contributed by atoms with Crippen LogP contribution in [0.2, 0.25) is 0 Å². The van der Waals surface area contributed by atoms with Gasteiger partial charge in [-0.15, -0.1) is 0 Å². The number of hydrogen-bond acceptors (Lipinski definition) is 3. The lowest BCUT2D eigenvalue weighted by Gasteiger charge is -2.37. The molecule has 7 heteroatoms. The Morgan fingerprint density at radius 3 is 2.62 bits per heavy atom. The average molecular weight is 314 g/mol. The lowest BCUT2D eigenvalue weighted by Crippen LogP contribution is -2.45. The third-order valence-corrected chi connectivity index (χ3v) is 4.79. The summed E-state index contributed by atoms with van der Waals surface area (Å²) in [5.74, 6) is -0.885. The molecule has 2 rings (SSSR count). The molecule has 1 aliphatic rings. The molecule has 1 aliphatic heterocycles. The fourth-order valence-electron chi connectivity index (χ4n) is 2.57. The zero-order chi connectivity index (χ0) is 15.8. The van der Waals surface area contributed by atoms with Gasteiger partial charge in [0.1, 0.15) is 5.82 Å². The summed E-state index contributed by atoms with van der Waals surface area (Å²) in [5, 5.41) is 5.03. The number of sulfonamides is 1. The van der Waals surface area contributed by atoms with Crippen LogP contribution in [0.15, 0.2) is 23.1 Å². The summed E-state index contributed by atoms with van der Waals surface area (Å²) in [5.41, 5.74) is -0.248. The molecule has 21 heavy (non-hydrogen) atoms. The monoisotopic (exact) mass is 314 g/mol. The summed E-state index contributed by atoms with van der Waals surface area (Å²) in [6.45, 7) is 4.48. The number of hydrogen-bond donors (Lipinski definition) is 1. The highest BCUT2D eigenvalue weighted by Gasteiger charge is 2.29. The fraction of sp³-hybridized carbons (Fsp3) is 0.500. The van der Waals surface area contributed by atoms with Gasteiger partial charge in [0.05, 0.1) is 10.5 Å². The molecule has 0 spiro atoms. The number of piperidine rings is 1. The van der Waals surface area contributed by atoms with E-state index in [0.29, 0.717) is 12.5 Å². The molecular weight excluding hydrogens is 295 g/mol. The first kappa shape index (κ1) is 15.9. The third kappa shape index (κ3) is 3.41. The minimum atomic E-state index is -3.97. The van der Waals surface area contributed by atoms with E-state index in [2.05, 4.69) is 0 Å². The number of nitrogens with two attached hydrogens (primary N) is 1. The first-order valence-corrected chi connectivity index (χ1v) is 8.38. The van der Waals surface area contributed by atoms with Gasteiger partial charge in [0.15, 0.2) is 0 Å². The van der Waals surface area contributed by atoms with E-state index in [9.17, 15) is 17.6 Å². The van der Waals surface area contributed by atoms with Gasteiger partial charge >= 0.3 is 0 Å². The van der Waals surface area contributed by atoms with Gasteiger partial charge in [-0.05, 0) is 43.9 Å². The molecule has 0 aliphatic carbocycles. The van der Waals surface area contributed by atoms with E-state index in [4.69, 9.17) is 5.14 Å². The number of nitrogens with zero attached hydrogens (tertiary/aromatic N) is 1. The second-order valence-electron chi connectivity index (χ2n) is 5.68.